The van der Waals surface area contributed by atoms with Crippen LogP contribution in [0.5, 0.6) is 0 Å². The molecule has 5 aromatic rings. The van der Waals surface area contributed by atoms with E-state index in [-0.39, 0.29) is 22.9 Å². The summed E-state index contributed by atoms with van der Waals surface area (Å²) >= 11 is 0. The average Bonchev–Trinajstić information content (AvgIpc) is 3.46. The van der Waals surface area contributed by atoms with Crippen LogP contribution in [-0.2, 0) is 0 Å². The molecule has 34 heavy (non-hydrogen) atoms. The Balaban J connectivity index is 1.54. The van der Waals surface area contributed by atoms with E-state index in [4.69, 9.17) is 0 Å². The van der Waals surface area contributed by atoms with E-state index in [1.165, 1.54) is 0 Å². The zero-order valence-corrected chi connectivity index (χ0v) is 18.2. The second-order valence-electron chi connectivity index (χ2n) is 8.38. The van der Waals surface area contributed by atoms with Crippen LogP contribution < -0.4 is 0 Å². The number of nitrogens with zero attached hydrogens (tertiary/aromatic N) is 2. The highest BCUT2D eigenvalue weighted by Gasteiger charge is 2.26. The Morgan fingerprint density at radius 1 is 0.618 bits per heavy atom. The fraction of sp³-hybridized carbons (Fsp3) is 0.154. The molecule has 2 unspecified atom stereocenters. The molecule has 170 valence electrons. The molecule has 2 atom stereocenters. The van der Waals surface area contributed by atoms with Crippen molar-refractivity contribution < 1.29 is 9.85 Å². The predicted octanol–water partition coefficient (Wildman–Crippen LogP) is 5.47. The lowest BCUT2D eigenvalue weighted by molar-refractivity contribution is -0.482. The molecule has 0 aliphatic carbocycles. The number of aromatic amines is 2. The molecule has 0 amide bonds. The van der Waals surface area contributed by atoms with Crippen molar-refractivity contribution in [3.05, 3.63) is 128 Å². The fourth-order valence-electron chi connectivity index (χ4n) is 4.79. The van der Waals surface area contributed by atoms with Crippen LogP contribution in [0.4, 0.5) is 0 Å². The van der Waals surface area contributed by atoms with Crippen LogP contribution in [0.15, 0.2) is 85.2 Å². The summed E-state index contributed by atoms with van der Waals surface area (Å²) in [5.74, 6) is -0.885. The molecule has 0 bridgehead atoms. The number of fused-ring (bicyclic) bond motifs is 2. The first-order chi connectivity index (χ1) is 16.5. The van der Waals surface area contributed by atoms with Gasteiger partial charge in [-0.1, -0.05) is 60.7 Å². The molecule has 0 aliphatic heterocycles. The zero-order valence-electron chi connectivity index (χ0n) is 18.2. The average molecular weight is 454 g/mol. The first kappa shape index (κ1) is 21.4. The Kier molecular flexibility index (Phi) is 5.55. The molecule has 0 spiro atoms. The summed E-state index contributed by atoms with van der Waals surface area (Å²) in [4.78, 5) is 28.8. The van der Waals surface area contributed by atoms with Gasteiger partial charge in [-0.25, -0.2) is 0 Å². The van der Waals surface area contributed by atoms with Gasteiger partial charge in [0.2, 0.25) is 13.1 Å². The highest BCUT2D eigenvalue weighted by molar-refractivity contribution is 5.85. The van der Waals surface area contributed by atoms with Gasteiger partial charge in [-0.15, -0.1) is 0 Å². The second kappa shape index (κ2) is 8.82. The van der Waals surface area contributed by atoms with Crippen LogP contribution in [0, 0.1) is 20.2 Å². The van der Waals surface area contributed by atoms with Crippen molar-refractivity contribution in [1.29, 1.82) is 0 Å². The molecule has 0 radical (unpaired) electrons. The summed E-state index contributed by atoms with van der Waals surface area (Å²) < 4.78 is 0. The van der Waals surface area contributed by atoms with Gasteiger partial charge >= 0.3 is 0 Å². The highest BCUT2D eigenvalue weighted by atomic mass is 16.6. The molecule has 2 aromatic heterocycles. The van der Waals surface area contributed by atoms with Gasteiger partial charge in [-0.2, -0.15) is 0 Å². The quantitative estimate of drug-likeness (QED) is 0.239. The smallest absolute Gasteiger partial charge is 0.214 e. The van der Waals surface area contributed by atoms with Gasteiger partial charge < -0.3 is 9.97 Å². The van der Waals surface area contributed by atoms with Crippen LogP contribution in [0.3, 0.4) is 0 Å². The SMILES string of the molecule is O=[N+]([O-])CC(c1ccc(C(C[N+](=O)[O-])c2c[nH]c3ccccc23)cc1)c1c[nH]c2ccccc12. The summed E-state index contributed by atoms with van der Waals surface area (Å²) in [5, 5.41) is 24.9. The minimum Gasteiger partial charge on any atom is -0.361 e. The Morgan fingerprint density at radius 3 is 1.38 bits per heavy atom. The molecule has 5 rings (SSSR count). The van der Waals surface area contributed by atoms with Crippen molar-refractivity contribution in [1.82, 2.24) is 9.97 Å². The lowest BCUT2D eigenvalue weighted by atomic mass is 9.87. The third-order valence-corrected chi connectivity index (χ3v) is 6.40. The molecule has 0 fully saturated rings. The van der Waals surface area contributed by atoms with E-state index >= 15 is 0 Å². The first-order valence-electron chi connectivity index (χ1n) is 11.0. The monoisotopic (exact) mass is 454 g/mol. The molecule has 0 saturated carbocycles. The van der Waals surface area contributed by atoms with Gasteiger partial charge in [0.1, 0.15) is 0 Å². The predicted molar refractivity (Wildman–Crippen MR) is 130 cm³/mol. The van der Waals surface area contributed by atoms with E-state index in [9.17, 15) is 20.2 Å². The summed E-state index contributed by atoms with van der Waals surface area (Å²) in [5.41, 5.74) is 5.16. The van der Waals surface area contributed by atoms with Crippen LogP contribution >= 0.6 is 0 Å². The number of H-pyrrole nitrogens is 2. The Morgan fingerprint density at radius 2 is 1.00 bits per heavy atom. The Bertz CT molecular complexity index is 1370. The maximum Gasteiger partial charge on any atom is 0.214 e. The Labute approximate surface area is 194 Å². The normalized spacial score (nSPS) is 13.2. The number of para-hydroxylation sites is 2. The number of rotatable bonds is 8. The van der Waals surface area contributed by atoms with Crippen LogP contribution in [0.2, 0.25) is 0 Å². The molecule has 8 heteroatoms. The van der Waals surface area contributed by atoms with E-state index < -0.39 is 11.8 Å². The van der Waals surface area contributed by atoms with E-state index in [2.05, 4.69) is 9.97 Å². The molecule has 0 saturated heterocycles. The second-order valence-corrected chi connectivity index (χ2v) is 8.38. The van der Waals surface area contributed by atoms with E-state index in [0.29, 0.717) is 0 Å². The highest BCUT2D eigenvalue weighted by Crippen LogP contribution is 2.34. The molecular formula is C26H22N4O4. The molecule has 0 aliphatic rings. The van der Waals surface area contributed by atoms with Crippen molar-refractivity contribution in [2.45, 2.75) is 11.8 Å². The van der Waals surface area contributed by atoms with Gasteiger partial charge in [-0.05, 0) is 34.4 Å². The molecule has 2 heterocycles. The number of nitrogens with one attached hydrogen (secondary N) is 2. The number of benzene rings is 3. The van der Waals surface area contributed by atoms with Crippen molar-refractivity contribution in [2.75, 3.05) is 13.1 Å². The minimum atomic E-state index is -0.442. The van der Waals surface area contributed by atoms with Gasteiger partial charge in [0.15, 0.2) is 0 Å². The van der Waals surface area contributed by atoms with Crippen LogP contribution in [-0.4, -0.2) is 32.9 Å². The van der Waals surface area contributed by atoms with Gasteiger partial charge in [0, 0.05) is 44.0 Å². The summed E-state index contributed by atoms with van der Waals surface area (Å²) in [6.45, 7) is -0.496. The first-order valence-corrected chi connectivity index (χ1v) is 11.0. The van der Waals surface area contributed by atoms with Crippen LogP contribution in [0.1, 0.15) is 34.1 Å². The van der Waals surface area contributed by atoms with Crippen molar-refractivity contribution in [3.8, 4) is 0 Å². The number of hydrogen-bond acceptors (Lipinski definition) is 4. The van der Waals surface area contributed by atoms with Crippen molar-refractivity contribution in [2.24, 2.45) is 0 Å². The summed E-state index contributed by atoms with van der Waals surface area (Å²) in [7, 11) is 0. The van der Waals surface area contributed by atoms with Crippen molar-refractivity contribution in [3.63, 3.8) is 0 Å². The fourth-order valence-corrected chi connectivity index (χ4v) is 4.79. The largest absolute Gasteiger partial charge is 0.361 e. The molecule has 3 aromatic carbocycles. The molecule has 2 N–H and O–H groups in total. The Hall–Kier alpha value is -4.46. The van der Waals surface area contributed by atoms with Crippen LogP contribution in [0.25, 0.3) is 21.8 Å². The summed E-state index contributed by atoms with van der Waals surface area (Å²) in [6.07, 6.45) is 3.66. The lowest BCUT2D eigenvalue weighted by Gasteiger charge is -2.16. The standard InChI is InChI=1S/C26H22N4O4/c31-29(32)15-23(21-13-27-25-7-3-1-5-19(21)25)17-9-11-18(12-10-17)24(16-30(33)34)22-14-28-26-8-4-2-6-20(22)26/h1-14,23-24,27-28H,15-16H2. The maximum atomic E-state index is 11.5. The van der Waals surface area contributed by atoms with E-state index in [1.54, 1.807) is 0 Å². The third kappa shape index (κ3) is 4.01. The number of hydrogen-bond donors (Lipinski definition) is 2. The third-order valence-electron chi connectivity index (χ3n) is 6.40. The van der Waals surface area contributed by atoms with Gasteiger partial charge in [0.25, 0.3) is 0 Å². The molecule has 8 nitrogen and oxygen atoms in total. The topological polar surface area (TPSA) is 118 Å². The van der Waals surface area contributed by atoms with E-state index in [0.717, 1.165) is 44.1 Å². The lowest BCUT2D eigenvalue weighted by Crippen LogP contribution is -2.15. The van der Waals surface area contributed by atoms with Crippen molar-refractivity contribution >= 4 is 21.8 Å². The van der Waals surface area contributed by atoms with Gasteiger partial charge in [0.05, 0.1) is 11.8 Å². The molecular weight excluding hydrogens is 432 g/mol. The minimum absolute atomic E-state index is 0.248. The van der Waals surface area contributed by atoms with E-state index in [1.807, 2.05) is 85.2 Å². The number of aromatic nitrogens is 2. The maximum absolute atomic E-state index is 11.5. The zero-order chi connectivity index (χ0) is 23.7. The van der Waals surface area contributed by atoms with Gasteiger partial charge in [-0.3, -0.25) is 20.2 Å². The number of nitro groups is 2. The summed E-state index contributed by atoms with van der Waals surface area (Å²) in [6, 6.07) is 22.9.